The highest BCUT2D eigenvalue weighted by molar-refractivity contribution is 6.02. The Morgan fingerprint density at radius 2 is 1.89 bits per heavy atom. The molecule has 0 unspecified atom stereocenters. The van der Waals surface area contributed by atoms with Crippen molar-refractivity contribution in [2.45, 2.75) is 13.8 Å². The van der Waals surface area contributed by atoms with Crippen LogP contribution in [-0.4, -0.2) is 50.6 Å². The Balaban J connectivity index is 1.62. The second-order valence-electron chi connectivity index (χ2n) is 6.99. The Morgan fingerprint density at radius 1 is 1.14 bits per heavy atom. The number of nitrogens with one attached hydrogen (secondary N) is 1. The van der Waals surface area contributed by atoms with Crippen molar-refractivity contribution in [3.63, 3.8) is 0 Å². The Labute approximate surface area is 167 Å². The topological polar surface area (TPSA) is 44.8 Å². The number of hydrogen-bond donors (Lipinski definition) is 1. The number of anilines is 2. The van der Waals surface area contributed by atoms with Gasteiger partial charge in [0.2, 0.25) is 5.91 Å². The largest absolute Gasteiger partial charge is 0.496 e. The molecule has 1 fully saturated rings. The summed E-state index contributed by atoms with van der Waals surface area (Å²) in [7, 11) is 1.62. The molecule has 5 heteroatoms. The lowest BCUT2D eigenvalue weighted by Gasteiger charge is -2.36. The van der Waals surface area contributed by atoms with Gasteiger partial charge in [-0.15, -0.1) is 0 Å². The summed E-state index contributed by atoms with van der Waals surface area (Å²) in [5, 5.41) is 2.94. The van der Waals surface area contributed by atoms with Gasteiger partial charge in [-0.3, -0.25) is 4.79 Å². The van der Waals surface area contributed by atoms with Gasteiger partial charge in [0.25, 0.3) is 0 Å². The summed E-state index contributed by atoms with van der Waals surface area (Å²) >= 11 is 0. The molecule has 0 radical (unpaired) electrons. The minimum Gasteiger partial charge on any atom is -0.496 e. The van der Waals surface area contributed by atoms with Crippen molar-refractivity contribution in [3.8, 4) is 5.75 Å². The van der Waals surface area contributed by atoms with E-state index in [9.17, 15) is 4.79 Å². The van der Waals surface area contributed by atoms with Crippen LogP contribution in [0.5, 0.6) is 5.75 Å². The van der Waals surface area contributed by atoms with Gasteiger partial charge in [-0.05, 0) is 49.4 Å². The number of likely N-dealkylation sites (N-methyl/N-ethyl adjacent to an activating group) is 1. The monoisotopic (exact) mass is 379 g/mol. The number of nitrogens with zero attached hydrogens (tertiary/aromatic N) is 2. The smallest absolute Gasteiger partial charge is 0.248 e. The summed E-state index contributed by atoms with van der Waals surface area (Å²) in [6, 6.07) is 13.7. The lowest BCUT2D eigenvalue weighted by Crippen LogP contribution is -2.46. The maximum Gasteiger partial charge on any atom is 0.248 e. The molecule has 0 aliphatic carbocycles. The van der Waals surface area contributed by atoms with Crippen LogP contribution in [0.1, 0.15) is 18.1 Å². The highest BCUT2D eigenvalue weighted by atomic mass is 16.5. The maximum absolute atomic E-state index is 12.3. The molecule has 5 nitrogen and oxygen atoms in total. The summed E-state index contributed by atoms with van der Waals surface area (Å²) in [4.78, 5) is 17.2. The number of amides is 1. The number of carbonyl (C=O) groups excluding carboxylic acids is 1. The third kappa shape index (κ3) is 4.93. The lowest BCUT2D eigenvalue weighted by molar-refractivity contribution is -0.111. The molecule has 2 aromatic carbocycles. The van der Waals surface area contributed by atoms with Crippen molar-refractivity contribution in [2.75, 3.05) is 50.1 Å². The molecule has 2 aromatic rings. The number of para-hydroxylation sites is 1. The number of methoxy groups -OCH3 is 1. The number of hydrogen-bond acceptors (Lipinski definition) is 4. The van der Waals surface area contributed by atoms with Crippen LogP contribution in [0.25, 0.3) is 6.08 Å². The molecule has 1 N–H and O–H groups in total. The van der Waals surface area contributed by atoms with Gasteiger partial charge in [0.15, 0.2) is 0 Å². The molecule has 0 atom stereocenters. The Morgan fingerprint density at radius 3 is 2.57 bits per heavy atom. The van der Waals surface area contributed by atoms with E-state index < -0.39 is 0 Å². The zero-order chi connectivity index (χ0) is 19.9. The third-order valence-electron chi connectivity index (χ3n) is 5.18. The highest BCUT2D eigenvalue weighted by Gasteiger charge is 2.17. The van der Waals surface area contributed by atoms with Gasteiger partial charge in [-0.2, -0.15) is 0 Å². The Kier molecular flexibility index (Phi) is 6.71. The molecule has 3 rings (SSSR count). The summed E-state index contributed by atoms with van der Waals surface area (Å²) in [6.45, 7) is 9.71. The van der Waals surface area contributed by atoms with Crippen LogP contribution in [0.15, 0.2) is 48.5 Å². The van der Waals surface area contributed by atoms with E-state index in [0.717, 1.165) is 49.7 Å². The molecule has 1 heterocycles. The average Bonchev–Trinajstić information content (AvgIpc) is 2.72. The fraction of sp³-hybridized carbons (Fsp3) is 0.348. The third-order valence-corrected chi connectivity index (χ3v) is 5.18. The standard InChI is InChI=1S/C23H29N3O2/c1-4-25-13-15-26(16-14-25)21-11-10-20(17-18(21)2)24-23(27)12-9-19-7-5-6-8-22(19)28-3/h5-12,17H,4,13-16H2,1-3H3,(H,24,27)/b12-9+. The van der Waals surface area contributed by atoms with E-state index in [1.807, 2.05) is 36.4 Å². The summed E-state index contributed by atoms with van der Waals surface area (Å²) in [5.41, 5.74) is 4.11. The average molecular weight is 380 g/mol. The van der Waals surface area contributed by atoms with E-state index in [-0.39, 0.29) is 5.91 Å². The molecule has 1 amide bonds. The van der Waals surface area contributed by atoms with Crippen molar-refractivity contribution >= 4 is 23.4 Å². The normalized spacial score (nSPS) is 15.0. The van der Waals surface area contributed by atoms with Crippen LogP contribution in [0.2, 0.25) is 0 Å². The first-order valence-corrected chi connectivity index (χ1v) is 9.80. The van der Waals surface area contributed by atoms with Crippen LogP contribution in [0.3, 0.4) is 0 Å². The lowest BCUT2D eigenvalue weighted by atomic mass is 10.1. The molecule has 0 aromatic heterocycles. The second-order valence-corrected chi connectivity index (χ2v) is 6.99. The number of aryl methyl sites for hydroxylation is 1. The predicted molar refractivity (Wildman–Crippen MR) is 116 cm³/mol. The molecule has 0 spiro atoms. The van der Waals surface area contributed by atoms with Gasteiger partial charge in [0.1, 0.15) is 5.75 Å². The van der Waals surface area contributed by atoms with Gasteiger partial charge in [0, 0.05) is 49.2 Å². The van der Waals surface area contributed by atoms with Gasteiger partial charge in [0.05, 0.1) is 7.11 Å². The van der Waals surface area contributed by atoms with E-state index in [1.165, 1.54) is 17.3 Å². The first-order chi connectivity index (χ1) is 13.6. The maximum atomic E-state index is 12.3. The summed E-state index contributed by atoms with van der Waals surface area (Å²) < 4.78 is 5.31. The fourth-order valence-electron chi connectivity index (χ4n) is 3.55. The minimum atomic E-state index is -0.158. The van der Waals surface area contributed by atoms with E-state index in [1.54, 1.807) is 13.2 Å². The number of rotatable bonds is 6. The van der Waals surface area contributed by atoms with Gasteiger partial charge in [-0.25, -0.2) is 0 Å². The van der Waals surface area contributed by atoms with Gasteiger partial charge < -0.3 is 19.9 Å². The van der Waals surface area contributed by atoms with Crippen LogP contribution in [0, 0.1) is 6.92 Å². The Bertz CT molecular complexity index is 839. The SMILES string of the molecule is CCN1CCN(c2ccc(NC(=O)/C=C/c3ccccc3OC)cc2C)CC1. The minimum absolute atomic E-state index is 0.158. The number of benzene rings is 2. The van der Waals surface area contributed by atoms with Crippen molar-refractivity contribution in [1.29, 1.82) is 0 Å². The zero-order valence-electron chi connectivity index (χ0n) is 16.9. The van der Waals surface area contributed by atoms with Gasteiger partial charge in [-0.1, -0.05) is 25.1 Å². The highest BCUT2D eigenvalue weighted by Crippen LogP contribution is 2.25. The summed E-state index contributed by atoms with van der Waals surface area (Å²) in [5.74, 6) is 0.588. The molecule has 0 bridgehead atoms. The second kappa shape index (κ2) is 9.42. The predicted octanol–water partition coefficient (Wildman–Crippen LogP) is 3.80. The molecule has 1 saturated heterocycles. The Hall–Kier alpha value is -2.79. The van der Waals surface area contributed by atoms with Crippen LogP contribution < -0.4 is 15.0 Å². The molecule has 28 heavy (non-hydrogen) atoms. The van der Waals surface area contributed by atoms with Crippen LogP contribution in [0.4, 0.5) is 11.4 Å². The molecular formula is C23H29N3O2. The fourth-order valence-corrected chi connectivity index (χ4v) is 3.55. The van der Waals surface area contributed by atoms with Crippen LogP contribution >= 0.6 is 0 Å². The first kappa shape index (κ1) is 20.0. The first-order valence-electron chi connectivity index (χ1n) is 9.80. The van der Waals surface area contributed by atoms with Crippen molar-refractivity contribution in [3.05, 3.63) is 59.7 Å². The molecule has 0 saturated carbocycles. The molecular weight excluding hydrogens is 350 g/mol. The van der Waals surface area contributed by atoms with E-state index in [0.29, 0.717) is 0 Å². The number of ether oxygens (including phenoxy) is 1. The molecule has 1 aliphatic rings. The number of carbonyl (C=O) groups is 1. The van der Waals surface area contributed by atoms with E-state index in [2.05, 4.69) is 35.0 Å². The number of piperazine rings is 1. The van der Waals surface area contributed by atoms with Crippen LogP contribution in [-0.2, 0) is 4.79 Å². The quantitative estimate of drug-likeness (QED) is 0.776. The van der Waals surface area contributed by atoms with E-state index in [4.69, 9.17) is 4.74 Å². The summed E-state index contributed by atoms with van der Waals surface area (Å²) in [6.07, 6.45) is 3.30. The van der Waals surface area contributed by atoms with Gasteiger partial charge >= 0.3 is 0 Å². The van der Waals surface area contributed by atoms with Crippen molar-refractivity contribution in [2.24, 2.45) is 0 Å². The molecule has 1 aliphatic heterocycles. The van der Waals surface area contributed by atoms with Crippen molar-refractivity contribution in [1.82, 2.24) is 4.90 Å². The van der Waals surface area contributed by atoms with Crippen molar-refractivity contribution < 1.29 is 9.53 Å². The van der Waals surface area contributed by atoms with E-state index >= 15 is 0 Å². The molecule has 148 valence electrons. The zero-order valence-corrected chi connectivity index (χ0v) is 16.9.